The quantitative estimate of drug-likeness (QED) is 0.875. The van der Waals surface area contributed by atoms with Gasteiger partial charge in [0.25, 0.3) is 0 Å². The van der Waals surface area contributed by atoms with Crippen LogP contribution in [0.2, 0.25) is 0 Å². The van der Waals surface area contributed by atoms with Crippen molar-refractivity contribution < 1.29 is 9.63 Å². The molecule has 4 heteroatoms. The molecular formula is C14H24N2O2. The Balaban J connectivity index is 1.92. The predicted octanol–water partition coefficient (Wildman–Crippen LogP) is 3.07. The summed E-state index contributed by atoms with van der Waals surface area (Å²) in [5.41, 5.74) is 0. The van der Waals surface area contributed by atoms with Gasteiger partial charge >= 0.3 is 0 Å². The van der Waals surface area contributed by atoms with Gasteiger partial charge in [-0.1, -0.05) is 31.3 Å². The summed E-state index contributed by atoms with van der Waals surface area (Å²) < 4.78 is 5.26. The highest BCUT2D eigenvalue weighted by Crippen LogP contribution is 2.36. The Morgan fingerprint density at radius 3 is 3.00 bits per heavy atom. The van der Waals surface area contributed by atoms with E-state index in [9.17, 15) is 5.11 Å². The highest BCUT2D eigenvalue weighted by molar-refractivity contribution is 4.98. The van der Waals surface area contributed by atoms with Gasteiger partial charge in [0, 0.05) is 12.3 Å². The molecular weight excluding hydrogens is 228 g/mol. The molecule has 0 spiro atoms. The Bertz CT molecular complexity index is 362. The van der Waals surface area contributed by atoms with Crippen LogP contribution < -0.4 is 0 Å². The standard InChI is InChI=1S/C14H24N2O2/c1-3-11-5-4-6-12(9-11)14-15-13(18-16-14)8-7-10(2)17/h10-12,17H,3-9H2,1-2H3. The van der Waals surface area contributed by atoms with Crippen molar-refractivity contribution in [2.45, 2.75) is 70.8 Å². The number of aliphatic hydroxyl groups excluding tert-OH is 1. The third-order valence-electron chi connectivity index (χ3n) is 3.99. The SMILES string of the molecule is CCC1CCCC(c2noc(CCC(C)O)n2)C1. The van der Waals surface area contributed by atoms with Crippen molar-refractivity contribution in [2.24, 2.45) is 5.92 Å². The Morgan fingerprint density at radius 1 is 1.44 bits per heavy atom. The van der Waals surface area contributed by atoms with Crippen molar-refractivity contribution >= 4 is 0 Å². The lowest BCUT2D eigenvalue weighted by Gasteiger charge is -2.26. The van der Waals surface area contributed by atoms with Crippen LogP contribution in [-0.4, -0.2) is 21.4 Å². The Hall–Kier alpha value is -0.900. The molecule has 0 aromatic carbocycles. The molecule has 0 aliphatic heterocycles. The second kappa shape index (κ2) is 6.32. The average Bonchev–Trinajstić information content (AvgIpc) is 2.85. The van der Waals surface area contributed by atoms with E-state index in [4.69, 9.17) is 4.52 Å². The highest BCUT2D eigenvalue weighted by atomic mass is 16.5. The number of aryl methyl sites for hydroxylation is 1. The van der Waals surface area contributed by atoms with Crippen LogP contribution in [-0.2, 0) is 6.42 Å². The van der Waals surface area contributed by atoms with Crippen molar-refractivity contribution in [2.75, 3.05) is 0 Å². The highest BCUT2D eigenvalue weighted by Gasteiger charge is 2.25. The zero-order chi connectivity index (χ0) is 13.0. The summed E-state index contributed by atoms with van der Waals surface area (Å²) in [5.74, 6) is 2.86. The number of hydrogen-bond donors (Lipinski definition) is 1. The fourth-order valence-electron chi connectivity index (χ4n) is 2.76. The van der Waals surface area contributed by atoms with Crippen LogP contribution in [0.5, 0.6) is 0 Å². The summed E-state index contributed by atoms with van der Waals surface area (Å²) in [4.78, 5) is 4.49. The van der Waals surface area contributed by atoms with Gasteiger partial charge in [-0.05, 0) is 32.1 Å². The topological polar surface area (TPSA) is 59.2 Å². The lowest BCUT2D eigenvalue weighted by molar-refractivity contribution is 0.180. The molecule has 4 nitrogen and oxygen atoms in total. The lowest BCUT2D eigenvalue weighted by atomic mass is 9.80. The van der Waals surface area contributed by atoms with Gasteiger partial charge in [0.1, 0.15) is 0 Å². The van der Waals surface area contributed by atoms with Crippen molar-refractivity contribution in [3.63, 3.8) is 0 Å². The molecule has 18 heavy (non-hydrogen) atoms. The number of hydrogen-bond acceptors (Lipinski definition) is 4. The zero-order valence-corrected chi connectivity index (χ0v) is 11.4. The molecule has 2 rings (SSSR count). The van der Waals surface area contributed by atoms with Crippen LogP contribution in [0.4, 0.5) is 0 Å². The molecule has 3 atom stereocenters. The molecule has 1 heterocycles. The van der Waals surface area contributed by atoms with Crippen molar-refractivity contribution in [1.82, 2.24) is 10.1 Å². The number of nitrogens with zero attached hydrogens (tertiary/aromatic N) is 2. The van der Waals surface area contributed by atoms with Gasteiger partial charge in [-0.15, -0.1) is 0 Å². The van der Waals surface area contributed by atoms with E-state index in [0.29, 0.717) is 24.7 Å². The van der Waals surface area contributed by atoms with Gasteiger partial charge in [-0.25, -0.2) is 0 Å². The van der Waals surface area contributed by atoms with Gasteiger partial charge in [0.2, 0.25) is 5.89 Å². The second-order valence-corrected chi connectivity index (χ2v) is 5.57. The molecule has 1 aromatic rings. The number of rotatable bonds is 5. The lowest BCUT2D eigenvalue weighted by Crippen LogP contribution is -2.14. The Kier molecular flexibility index (Phi) is 4.75. The third-order valence-corrected chi connectivity index (χ3v) is 3.99. The molecule has 3 unspecified atom stereocenters. The summed E-state index contributed by atoms with van der Waals surface area (Å²) in [7, 11) is 0. The van der Waals surface area contributed by atoms with Crippen molar-refractivity contribution in [1.29, 1.82) is 0 Å². The maximum atomic E-state index is 9.25. The van der Waals surface area contributed by atoms with Crippen LogP contribution in [0.25, 0.3) is 0 Å². The van der Waals surface area contributed by atoms with Gasteiger partial charge in [0.05, 0.1) is 6.10 Å². The van der Waals surface area contributed by atoms with Crippen LogP contribution in [0.1, 0.15) is 70.0 Å². The van der Waals surface area contributed by atoms with E-state index >= 15 is 0 Å². The molecule has 1 aliphatic rings. The largest absolute Gasteiger partial charge is 0.393 e. The van der Waals surface area contributed by atoms with Crippen LogP contribution >= 0.6 is 0 Å². The molecule has 0 amide bonds. The van der Waals surface area contributed by atoms with Gasteiger partial charge < -0.3 is 9.63 Å². The summed E-state index contributed by atoms with van der Waals surface area (Å²) in [5, 5.41) is 13.4. The first-order valence-electron chi connectivity index (χ1n) is 7.19. The average molecular weight is 252 g/mol. The number of aliphatic hydroxyl groups is 1. The Labute approximate surface area is 109 Å². The summed E-state index contributed by atoms with van der Waals surface area (Å²) in [6.45, 7) is 4.04. The van der Waals surface area contributed by atoms with Crippen LogP contribution in [0.3, 0.4) is 0 Å². The van der Waals surface area contributed by atoms with Gasteiger partial charge in [-0.2, -0.15) is 4.98 Å². The molecule has 0 radical (unpaired) electrons. The van der Waals surface area contributed by atoms with E-state index in [-0.39, 0.29) is 6.10 Å². The maximum absolute atomic E-state index is 9.25. The summed E-state index contributed by atoms with van der Waals surface area (Å²) in [6.07, 6.45) is 7.32. The van der Waals surface area contributed by atoms with Crippen molar-refractivity contribution in [3.05, 3.63) is 11.7 Å². The monoisotopic (exact) mass is 252 g/mol. The first-order chi connectivity index (χ1) is 8.69. The van der Waals surface area contributed by atoms with E-state index in [1.165, 1.54) is 32.1 Å². The van der Waals surface area contributed by atoms with E-state index in [2.05, 4.69) is 17.1 Å². The minimum Gasteiger partial charge on any atom is -0.393 e. The van der Waals surface area contributed by atoms with E-state index < -0.39 is 0 Å². The normalized spacial score (nSPS) is 26.2. The molecule has 1 saturated carbocycles. The minimum atomic E-state index is -0.306. The molecule has 0 saturated heterocycles. The Morgan fingerprint density at radius 2 is 2.28 bits per heavy atom. The van der Waals surface area contributed by atoms with Gasteiger partial charge in [-0.3, -0.25) is 0 Å². The summed E-state index contributed by atoms with van der Waals surface area (Å²) >= 11 is 0. The minimum absolute atomic E-state index is 0.306. The fraction of sp³-hybridized carbons (Fsp3) is 0.857. The first kappa shape index (κ1) is 13.5. The van der Waals surface area contributed by atoms with Gasteiger partial charge in [0.15, 0.2) is 5.82 Å². The molecule has 102 valence electrons. The van der Waals surface area contributed by atoms with E-state index in [1.54, 1.807) is 6.92 Å². The molecule has 1 aromatic heterocycles. The first-order valence-corrected chi connectivity index (χ1v) is 7.19. The fourth-order valence-corrected chi connectivity index (χ4v) is 2.76. The summed E-state index contributed by atoms with van der Waals surface area (Å²) in [6, 6.07) is 0. The molecule has 1 fully saturated rings. The predicted molar refractivity (Wildman–Crippen MR) is 69.3 cm³/mol. The smallest absolute Gasteiger partial charge is 0.226 e. The molecule has 1 aliphatic carbocycles. The third kappa shape index (κ3) is 3.55. The second-order valence-electron chi connectivity index (χ2n) is 5.57. The molecule has 1 N–H and O–H groups in total. The van der Waals surface area contributed by atoms with Crippen LogP contribution in [0.15, 0.2) is 4.52 Å². The zero-order valence-electron chi connectivity index (χ0n) is 11.4. The van der Waals surface area contributed by atoms with Crippen molar-refractivity contribution in [3.8, 4) is 0 Å². The molecule has 0 bridgehead atoms. The maximum Gasteiger partial charge on any atom is 0.226 e. The van der Waals surface area contributed by atoms with E-state index in [0.717, 1.165) is 11.7 Å². The van der Waals surface area contributed by atoms with Crippen LogP contribution in [0, 0.1) is 5.92 Å². The number of aromatic nitrogens is 2. The van der Waals surface area contributed by atoms with E-state index in [1.807, 2.05) is 0 Å².